The van der Waals surface area contributed by atoms with Crippen molar-refractivity contribution in [2.75, 3.05) is 33.9 Å². The van der Waals surface area contributed by atoms with Gasteiger partial charge in [0.05, 0.1) is 26.2 Å². The van der Waals surface area contributed by atoms with E-state index in [-0.39, 0.29) is 12.0 Å². The number of ether oxygens (including phenoxy) is 2. The van der Waals surface area contributed by atoms with Gasteiger partial charge in [0.2, 0.25) is 5.91 Å². The maximum Gasteiger partial charge on any atom is 0.227 e. The Kier molecular flexibility index (Phi) is 4.52. The van der Waals surface area contributed by atoms with E-state index in [9.17, 15) is 4.79 Å². The van der Waals surface area contributed by atoms with E-state index in [2.05, 4.69) is 10.2 Å². The molecule has 0 aromatic heterocycles. The van der Waals surface area contributed by atoms with Crippen LogP contribution in [0.15, 0.2) is 18.2 Å². The molecule has 2 heterocycles. The van der Waals surface area contributed by atoms with Crippen molar-refractivity contribution in [1.29, 1.82) is 0 Å². The predicted octanol–water partition coefficient (Wildman–Crippen LogP) is 1.98. The Morgan fingerprint density at radius 1 is 1.23 bits per heavy atom. The van der Waals surface area contributed by atoms with E-state index in [1.165, 1.54) is 0 Å². The molecule has 2 unspecified atom stereocenters. The first-order valence-electron chi connectivity index (χ1n) is 7.97. The molecule has 1 amide bonds. The molecule has 0 radical (unpaired) electrons. The number of nitrogens with zero attached hydrogens (tertiary/aromatic N) is 1. The summed E-state index contributed by atoms with van der Waals surface area (Å²) in [6.45, 7) is 2.62. The Bertz CT molecular complexity index is 541. The van der Waals surface area contributed by atoms with Gasteiger partial charge in [0.15, 0.2) is 11.5 Å². The van der Waals surface area contributed by atoms with Gasteiger partial charge in [0, 0.05) is 13.1 Å². The molecule has 0 bridgehead atoms. The maximum atomic E-state index is 12.7. The molecule has 1 aromatic rings. The van der Waals surface area contributed by atoms with Crippen molar-refractivity contribution >= 4 is 5.91 Å². The molecule has 2 atom stereocenters. The van der Waals surface area contributed by atoms with E-state index in [1.54, 1.807) is 14.2 Å². The Morgan fingerprint density at radius 3 is 2.73 bits per heavy atom. The van der Waals surface area contributed by atoms with Crippen LogP contribution < -0.4 is 14.8 Å². The molecular formula is C17H24N2O3. The molecule has 0 aliphatic carbocycles. The largest absolute Gasteiger partial charge is 0.493 e. The zero-order valence-electron chi connectivity index (χ0n) is 13.3. The highest BCUT2D eigenvalue weighted by Gasteiger charge is 2.35. The van der Waals surface area contributed by atoms with Gasteiger partial charge in [0.25, 0.3) is 0 Å². The molecular weight excluding hydrogens is 280 g/mol. The average Bonchev–Trinajstić information content (AvgIpc) is 3.24. The summed E-state index contributed by atoms with van der Waals surface area (Å²) in [4.78, 5) is 14.8. The molecule has 120 valence electrons. The minimum absolute atomic E-state index is 0.140. The van der Waals surface area contributed by atoms with Gasteiger partial charge in [-0.3, -0.25) is 4.79 Å². The lowest BCUT2D eigenvalue weighted by molar-refractivity contribution is -0.135. The van der Waals surface area contributed by atoms with Crippen LogP contribution in [0.5, 0.6) is 11.5 Å². The zero-order chi connectivity index (χ0) is 15.5. The molecule has 2 saturated heterocycles. The highest BCUT2D eigenvalue weighted by atomic mass is 16.5. The molecule has 22 heavy (non-hydrogen) atoms. The standard InChI is InChI=1S/C17H24N2O3/c1-21-15-6-5-12(10-16(15)22-2)14-4-3-9-19(14)17(20)13-7-8-18-11-13/h5-6,10,13-14,18H,3-4,7-9,11H2,1-2H3. The summed E-state index contributed by atoms with van der Waals surface area (Å²) in [7, 11) is 3.28. The van der Waals surface area contributed by atoms with E-state index in [4.69, 9.17) is 9.47 Å². The van der Waals surface area contributed by atoms with E-state index in [0.29, 0.717) is 5.91 Å². The van der Waals surface area contributed by atoms with Gasteiger partial charge in [-0.05, 0) is 43.5 Å². The zero-order valence-corrected chi connectivity index (χ0v) is 13.3. The fraction of sp³-hybridized carbons (Fsp3) is 0.588. The number of benzene rings is 1. The molecule has 3 rings (SSSR count). The minimum Gasteiger partial charge on any atom is -0.493 e. The highest BCUT2D eigenvalue weighted by molar-refractivity contribution is 5.80. The summed E-state index contributed by atoms with van der Waals surface area (Å²) in [6.07, 6.45) is 3.03. The number of likely N-dealkylation sites (tertiary alicyclic amines) is 1. The second kappa shape index (κ2) is 6.57. The lowest BCUT2D eigenvalue weighted by Gasteiger charge is -2.28. The van der Waals surface area contributed by atoms with Crippen molar-refractivity contribution in [3.63, 3.8) is 0 Å². The third-order valence-electron chi connectivity index (χ3n) is 4.74. The maximum absolute atomic E-state index is 12.7. The smallest absolute Gasteiger partial charge is 0.227 e. The van der Waals surface area contributed by atoms with Crippen LogP contribution in [-0.4, -0.2) is 44.7 Å². The summed E-state index contributed by atoms with van der Waals surface area (Å²) in [5.74, 6) is 1.88. The van der Waals surface area contributed by atoms with Gasteiger partial charge in [-0.25, -0.2) is 0 Å². The number of carbonyl (C=O) groups is 1. The van der Waals surface area contributed by atoms with Gasteiger partial charge >= 0.3 is 0 Å². The van der Waals surface area contributed by atoms with Crippen molar-refractivity contribution in [3.05, 3.63) is 23.8 Å². The topological polar surface area (TPSA) is 50.8 Å². The summed E-state index contributed by atoms with van der Waals surface area (Å²) in [5.41, 5.74) is 1.13. The summed E-state index contributed by atoms with van der Waals surface area (Å²) in [6, 6.07) is 6.13. The molecule has 0 spiro atoms. The van der Waals surface area contributed by atoms with Crippen LogP contribution in [0.4, 0.5) is 0 Å². The van der Waals surface area contributed by atoms with Crippen molar-refractivity contribution in [2.45, 2.75) is 25.3 Å². The lowest BCUT2D eigenvalue weighted by Crippen LogP contribution is -2.36. The first-order valence-corrected chi connectivity index (χ1v) is 7.97. The number of hydrogen-bond donors (Lipinski definition) is 1. The first kappa shape index (κ1) is 15.2. The normalized spacial score (nSPS) is 24.5. The third kappa shape index (κ3) is 2.77. The Morgan fingerprint density at radius 2 is 2.05 bits per heavy atom. The number of carbonyl (C=O) groups excluding carboxylic acids is 1. The molecule has 5 heteroatoms. The second-order valence-electron chi connectivity index (χ2n) is 5.99. The predicted molar refractivity (Wildman–Crippen MR) is 84.2 cm³/mol. The molecule has 1 N–H and O–H groups in total. The SMILES string of the molecule is COc1ccc(C2CCCN2C(=O)C2CCNC2)cc1OC. The van der Waals surface area contributed by atoms with E-state index in [1.807, 2.05) is 18.2 Å². The molecule has 2 aliphatic heterocycles. The molecule has 2 fully saturated rings. The van der Waals surface area contributed by atoms with Gasteiger partial charge in [-0.2, -0.15) is 0 Å². The van der Waals surface area contributed by atoms with Crippen LogP contribution in [0.1, 0.15) is 30.9 Å². The van der Waals surface area contributed by atoms with Gasteiger partial charge < -0.3 is 19.7 Å². The molecule has 1 aromatic carbocycles. The first-order chi connectivity index (χ1) is 10.7. The van der Waals surface area contributed by atoms with Crippen LogP contribution in [-0.2, 0) is 4.79 Å². The lowest BCUT2D eigenvalue weighted by atomic mass is 10.0. The molecule has 0 saturated carbocycles. The minimum atomic E-state index is 0.140. The van der Waals surface area contributed by atoms with Gasteiger partial charge in [-0.1, -0.05) is 6.07 Å². The third-order valence-corrected chi connectivity index (χ3v) is 4.74. The second-order valence-corrected chi connectivity index (χ2v) is 5.99. The fourth-order valence-corrected chi connectivity index (χ4v) is 3.54. The number of hydrogen-bond acceptors (Lipinski definition) is 4. The molecule has 5 nitrogen and oxygen atoms in total. The average molecular weight is 304 g/mol. The van der Waals surface area contributed by atoms with Crippen LogP contribution in [0, 0.1) is 5.92 Å². The number of methoxy groups -OCH3 is 2. The van der Waals surface area contributed by atoms with Crippen molar-refractivity contribution in [3.8, 4) is 11.5 Å². The van der Waals surface area contributed by atoms with Crippen molar-refractivity contribution in [2.24, 2.45) is 5.92 Å². The van der Waals surface area contributed by atoms with Crippen LogP contribution in [0.3, 0.4) is 0 Å². The number of nitrogens with one attached hydrogen (secondary N) is 1. The fourth-order valence-electron chi connectivity index (χ4n) is 3.54. The number of rotatable bonds is 4. The van der Waals surface area contributed by atoms with Gasteiger partial charge in [0.1, 0.15) is 0 Å². The molecule has 2 aliphatic rings. The van der Waals surface area contributed by atoms with Gasteiger partial charge in [-0.15, -0.1) is 0 Å². The summed E-state index contributed by atoms with van der Waals surface area (Å²) >= 11 is 0. The Labute approximate surface area is 131 Å². The monoisotopic (exact) mass is 304 g/mol. The Hall–Kier alpha value is -1.75. The van der Waals surface area contributed by atoms with E-state index >= 15 is 0 Å². The van der Waals surface area contributed by atoms with Crippen molar-refractivity contribution < 1.29 is 14.3 Å². The Balaban J connectivity index is 1.82. The summed E-state index contributed by atoms with van der Waals surface area (Å²) < 4.78 is 10.7. The van der Waals surface area contributed by atoms with E-state index < -0.39 is 0 Å². The quantitative estimate of drug-likeness (QED) is 0.924. The highest BCUT2D eigenvalue weighted by Crippen LogP contribution is 2.37. The van der Waals surface area contributed by atoms with Crippen LogP contribution in [0.2, 0.25) is 0 Å². The van der Waals surface area contributed by atoms with Crippen LogP contribution in [0.25, 0.3) is 0 Å². The van der Waals surface area contributed by atoms with E-state index in [0.717, 1.165) is 56.0 Å². The van der Waals surface area contributed by atoms with Crippen molar-refractivity contribution in [1.82, 2.24) is 10.2 Å². The van der Waals surface area contributed by atoms with Crippen LogP contribution >= 0.6 is 0 Å². The summed E-state index contributed by atoms with van der Waals surface area (Å²) in [5, 5.41) is 3.28. The number of amides is 1.